The summed E-state index contributed by atoms with van der Waals surface area (Å²) in [5.41, 5.74) is 1.24. The largest absolute Gasteiger partial charge is 0.466 e. The Morgan fingerprint density at radius 3 is 2.53 bits per heavy atom. The molecule has 0 unspecified atom stereocenters. The van der Waals surface area contributed by atoms with E-state index in [4.69, 9.17) is 4.74 Å². The van der Waals surface area contributed by atoms with Gasteiger partial charge >= 0.3 is 5.97 Å². The van der Waals surface area contributed by atoms with Crippen LogP contribution in [-0.4, -0.2) is 24.8 Å². The molecule has 0 aliphatic carbocycles. The SMILES string of the molecule is CCOC(=O)CCCCC/N=C(\C)CC(C)C. The van der Waals surface area contributed by atoms with Crippen LogP contribution in [-0.2, 0) is 9.53 Å². The van der Waals surface area contributed by atoms with E-state index in [1.165, 1.54) is 5.71 Å². The van der Waals surface area contributed by atoms with Crippen LogP contribution in [0.15, 0.2) is 4.99 Å². The van der Waals surface area contributed by atoms with Crippen molar-refractivity contribution < 1.29 is 9.53 Å². The second kappa shape index (κ2) is 10.3. The van der Waals surface area contributed by atoms with E-state index in [9.17, 15) is 4.79 Å². The van der Waals surface area contributed by atoms with Crippen LogP contribution in [0.25, 0.3) is 0 Å². The second-order valence-electron chi connectivity index (χ2n) is 4.83. The van der Waals surface area contributed by atoms with Gasteiger partial charge in [0.1, 0.15) is 0 Å². The van der Waals surface area contributed by atoms with Gasteiger partial charge in [0.15, 0.2) is 0 Å². The van der Waals surface area contributed by atoms with Gasteiger partial charge in [-0.25, -0.2) is 0 Å². The zero-order chi connectivity index (χ0) is 13.1. The molecule has 0 aromatic rings. The van der Waals surface area contributed by atoms with Crippen LogP contribution < -0.4 is 0 Å². The molecule has 0 saturated heterocycles. The highest BCUT2D eigenvalue weighted by molar-refractivity contribution is 5.82. The third kappa shape index (κ3) is 11.4. The van der Waals surface area contributed by atoms with Gasteiger partial charge in [0.05, 0.1) is 6.61 Å². The fraction of sp³-hybridized carbons (Fsp3) is 0.857. The molecule has 17 heavy (non-hydrogen) atoms. The molecule has 100 valence electrons. The topological polar surface area (TPSA) is 38.7 Å². The highest BCUT2D eigenvalue weighted by atomic mass is 16.5. The van der Waals surface area contributed by atoms with Gasteiger partial charge in [-0.3, -0.25) is 9.79 Å². The quantitative estimate of drug-likeness (QED) is 0.351. The van der Waals surface area contributed by atoms with Crippen molar-refractivity contribution in [3.63, 3.8) is 0 Å². The highest BCUT2D eigenvalue weighted by Crippen LogP contribution is 2.04. The first-order chi connectivity index (χ1) is 8.06. The molecular weight excluding hydrogens is 214 g/mol. The van der Waals surface area contributed by atoms with Gasteiger partial charge in [-0.2, -0.15) is 0 Å². The highest BCUT2D eigenvalue weighted by Gasteiger charge is 2.00. The number of nitrogens with zero attached hydrogens (tertiary/aromatic N) is 1. The molecule has 0 amide bonds. The van der Waals surface area contributed by atoms with E-state index in [-0.39, 0.29) is 5.97 Å². The maximum absolute atomic E-state index is 11.1. The summed E-state index contributed by atoms with van der Waals surface area (Å²) in [7, 11) is 0. The maximum Gasteiger partial charge on any atom is 0.305 e. The predicted molar refractivity (Wildman–Crippen MR) is 72.5 cm³/mol. The van der Waals surface area contributed by atoms with Crippen molar-refractivity contribution in [2.75, 3.05) is 13.2 Å². The molecule has 0 aromatic heterocycles. The fourth-order valence-electron chi connectivity index (χ4n) is 1.72. The lowest BCUT2D eigenvalue weighted by Crippen LogP contribution is -2.03. The molecule has 0 radical (unpaired) electrons. The minimum absolute atomic E-state index is 0.0769. The average Bonchev–Trinajstić information content (AvgIpc) is 2.22. The van der Waals surface area contributed by atoms with Gasteiger partial charge in [-0.1, -0.05) is 20.3 Å². The van der Waals surface area contributed by atoms with Crippen LogP contribution in [0.3, 0.4) is 0 Å². The van der Waals surface area contributed by atoms with Crippen LogP contribution in [0.5, 0.6) is 0 Å². The third-order valence-electron chi connectivity index (χ3n) is 2.43. The molecule has 0 fully saturated rings. The number of hydrogen-bond donors (Lipinski definition) is 0. The summed E-state index contributed by atoms with van der Waals surface area (Å²) in [6.45, 7) is 9.72. The Kier molecular flexibility index (Phi) is 9.78. The lowest BCUT2D eigenvalue weighted by molar-refractivity contribution is -0.143. The minimum Gasteiger partial charge on any atom is -0.466 e. The zero-order valence-electron chi connectivity index (χ0n) is 11.8. The Morgan fingerprint density at radius 1 is 1.24 bits per heavy atom. The summed E-state index contributed by atoms with van der Waals surface area (Å²) in [6, 6.07) is 0. The van der Waals surface area contributed by atoms with E-state index in [1.807, 2.05) is 6.92 Å². The molecule has 0 saturated carbocycles. The number of carbonyl (C=O) groups is 1. The molecule has 0 N–H and O–H groups in total. The number of ether oxygens (including phenoxy) is 1. The normalized spacial score (nSPS) is 11.9. The smallest absolute Gasteiger partial charge is 0.305 e. The molecule has 3 heteroatoms. The Bertz CT molecular complexity index is 234. The van der Waals surface area contributed by atoms with Gasteiger partial charge in [0, 0.05) is 18.7 Å². The molecule has 3 nitrogen and oxygen atoms in total. The number of carbonyl (C=O) groups excluding carboxylic acids is 1. The molecule has 0 spiro atoms. The van der Waals surface area contributed by atoms with E-state index >= 15 is 0 Å². The van der Waals surface area contributed by atoms with Crippen molar-refractivity contribution in [3.05, 3.63) is 0 Å². The lowest BCUT2D eigenvalue weighted by atomic mass is 10.1. The van der Waals surface area contributed by atoms with Crippen molar-refractivity contribution in [2.45, 2.75) is 59.8 Å². The second-order valence-corrected chi connectivity index (χ2v) is 4.83. The van der Waals surface area contributed by atoms with E-state index in [1.54, 1.807) is 0 Å². The van der Waals surface area contributed by atoms with E-state index < -0.39 is 0 Å². The van der Waals surface area contributed by atoms with Crippen LogP contribution >= 0.6 is 0 Å². The summed E-state index contributed by atoms with van der Waals surface area (Å²) < 4.78 is 4.86. The molecular formula is C14H27NO2. The lowest BCUT2D eigenvalue weighted by Gasteiger charge is -2.04. The number of aliphatic imine (C=N–C) groups is 1. The number of esters is 1. The van der Waals surface area contributed by atoms with Gasteiger partial charge in [0.2, 0.25) is 0 Å². The molecule has 0 atom stereocenters. The van der Waals surface area contributed by atoms with Gasteiger partial charge < -0.3 is 4.74 Å². The van der Waals surface area contributed by atoms with Gasteiger partial charge in [-0.05, 0) is 39.0 Å². The molecule has 0 rings (SSSR count). The third-order valence-corrected chi connectivity index (χ3v) is 2.43. The Balaban J connectivity index is 3.43. The standard InChI is InChI=1S/C14H27NO2/c1-5-17-14(16)9-7-6-8-10-15-13(4)11-12(2)3/h12H,5-11H2,1-4H3/b15-13+. The number of hydrogen-bond acceptors (Lipinski definition) is 3. The minimum atomic E-state index is -0.0769. The van der Waals surface area contributed by atoms with Crippen LogP contribution in [0.4, 0.5) is 0 Å². The van der Waals surface area contributed by atoms with Crippen molar-refractivity contribution in [2.24, 2.45) is 10.9 Å². The summed E-state index contributed by atoms with van der Waals surface area (Å²) >= 11 is 0. The molecule has 0 aliphatic heterocycles. The Morgan fingerprint density at radius 2 is 1.94 bits per heavy atom. The predicted octanol–water partition coefficient (Wildman–Crippen LogP) is 3.62. The zero-order valence-corrected chi connectivity index (χ0v) is 11.8. The Labute approximate surface area is 106 Å². The first-order valence-electron chi connectivity index (χ1n) is 6.71. The van der Waals surface area contributed by atoms with E-state index in [0.29, 0.717) is 18.9 Å². The van der Waals surface area contributed by atoms with E-state index in [0.717, 1.165) is 32.2 Å². The van der Waals surface area contributed by atoms with Crippen molar-refractivity contribution in [3.8, 4) is 0 Å². The van der Waals surface area contributed by atoms with Crippen molar-refractivity contribution in [1.82, 2.24) is 0 Å². The first kappa shape index (κ1) is 16.1. The van der Waals surface area contributed by atoms with E-state index in [2.05, 4.69) is 25.8 Å². The van der Waals surface area contributed by atoms with Crippen LogP contribution in [0.2, 0.25) is 0 Å². The summed E-state index contributed by atoms with van der Waals surface area (Å²) in [5, 5.41) is 0. The van der Waals surface area contributed by atoms with Crippen LogP contribution in [0, 0.1) is 5.92 Å². The Hall–Kier alpha value is -0.860. The average molecular weight is 241 g/mol. The van der Waals surface area contributed by atoms with Crippen molar-refractivity contribution in [1.29, 1.82) is 0 Å². The summed E-state index contributed by atoms with van der Waals surface area (Å²) in [4.78, 5) is 15.6. The summed E-state index contributed by atoms with van der Waals surface area (Å²) in [5.74, 6) is 0.606. The van der Waals surface area contributed by atoms with Gasteiger partial charge in [0.25, 0.3) is 0 Å². The maximum atomic E-state index is 11.1. The molecule has 0 aliphatic rings. The number of rotatable bonds is 9. The number of unbranched alkanes of at least 4 members (excludes halogenated alkanes) is 2. The fourth-order valence-corrected chi connectivity index (χ4v) is 1.72. The first-order valence-corrected chi connectivity index (χ1v) is 6.71. The molecule has 0 aromatic carbocycles. The summed E-state index contributed by atoms with van der Waals surface area (Å²) in [6.07, 6.45) is 4.66. The molecule has 0 bridgehead atoms. The monoisotopic (exact) mass is 241 g/mol. The molecule has 0 heterocycles. The van der Waals surface area contributed by atoms with Crippen molar-refractivity contribution >= 4 is 11.7 Å². The van der Waals surface area contributed by atoms with Crippen LogP contribution in [0.1, 0.15) is 59.8 Å². The van der Waals surface area contributed by atoms with Gasteiger partial charge in [-0.15, -0.1) is 0 Å².